The summed E-state index contributed by atoms with van der Waals surface area (Å²) in [5, 5.41) is 12.0. The number of rotatable bonds is 5. The van der Waals surface area contributed by atoms with E-state index in [4.69, 9.17) is 9.47 Å². The van der Waals surface area contributed by atoms with Crippen LogP contribution in [0.2, 0.25) is 0 Å². The maximum absolute atomic E-state index is 12.1. The molecule has 0 bridgehead atoms. The van der Waals surface area contributed by atoms with Gasteiger partial charge in [0.05, 0.1) is 12.7 Å². The fraction of sp³-hybridized carbons (Fsp3) is 0.176. The van der Waals surface area contributed by atoms with Crippen LogP contribution in [0, 0.1) is 0 Å². The number of esters is 1. The van der Waals surface area contributed by atoms with Gasteiger partial charge in [-0.05, 0) is 37.3 Å². The first-order valence-electron chi connectivity index (χ1n) is 6.94. The third-order valence-corrected chi connectivity index (χ3v) is 3.07. The highest BCUT2D eigenvalue weighted by atomic mass is 16.5. The molecule has 0 unspecified atom stereocenters. The molecular weight excluding hydrogens is 298 g/mol. The highest BCUT2D eigenvalue weighted by Gasteiger charge is 2.19. The molecule has 0 heterocycles. The van der Waals surface area contributed by atoms with Crippen molar-refractivity contribution in [1.82, 2.24) is 0 Å². The summed E-state index contributed by atoms with van der Waals surface area (Å²) in [6.45, 7) is 1.47. The molecular formula is C17H17NO5. The molecule has 0 saturated heterocycles. The number of methoxy groups -OCH3 is 1. The maximum Gasteiger partial charge on any atom is 0.339 e. The second kappa shape index (κ2) is 7.31. The lowest BCUT2D eigenvalue weighted by atomic mass is 10.2. The summed E-state index contributed by atoms with van der Waals surface area (Å²) in [6.07, 6.45) is -0.990. The number of anilines is 1. The van der Waals surface area contributed by atoms with Crippen LogP contribution in [0.25, 0.3) is 0 Å². The summed E-state index contributed by atoms with van der Waals surface area (Å²) >= 11 is 0. The largest absolute Gasteiger partial charge is 0.508 e. The Bertz CT molecular complexity index is 714. The monoisotopic (exact) mass is 315 g/mol. The van der Waals surface area contributed by atoms with Crippen LogP contribution in [0.5, 0.6) is 11.5 Å². The summed E-state index contributed by atoms with van der Waals surface area (Å²) in [6, 6.07) is 12.6. The van der Waals surface area contributed by atoms with Crippen molar-refractivity contribution in [2.24, 2.45) is 0 Å². The molecule has 0 aromatic heterocycles. The zero-order valence-corrected chi connectivity index (χ0v) is 12.8. The average Bonchev–Trinajstić information content (AvgIpc) is 2.54. The molecule has 2 aromatic rings. The van der Waals surface area contributed by atoms with E-state index in [0.29, 0.717) is 11.4 Å². The zero-order valence-electron chi connectivity index (χ0n) is 12.8. The number of phenols is 1. The maximum atomic E-state index is 12.1. The van der Waals surface area contributed by atoms with Crippen molar-refractivity contribution >= 4 is 17.6 Å². The minimum absolute atomic E-state index is 0.0482. The highest BCUT2D eigenvalue weighted by molar-refractivity contribution is 5.97. The molecule has 2 N–H and O–H groups in total. The van der Waals surface area contributed by atoms with Crippen LogP contribution in [-0.4, -0.2) is 30.2 Å². The van der Waals surface area contributed by atoms with E-state index < -0.39 is 18.0 Å². The van der Waals surface area contributed by atoms with Crippen LogP contribution >= 0.6 is 0 Å². The van der Waals surface area contributed by atoms with E-state index in [2.05, 4.69) is 5.32 Å². The van der Waals surface area contributed by atoms with E-state index in [1.807, 2.05) is 0 Å². The number of amides is 1. The van der Waals surface area contributed by atoms with E-state index >= 15 is 0 Å². The average molecular weight is 315 g/mol. The molecule has 120 valence electrons. The van der Waals surface area contributed by atoms with Gasteiger partial charge in [0, 0.05) is 11.8 Å². The fourth-order valence-electron chi connectivity index (χ4n) is 1.86. The molecule has 0 spiro atoms. The van der Waals surface area contributed by atoms with E-state index in [1.54, 1.807) is 24.3 Å². The first kappa shape index (κ1) is 16.4. The van der Waals surface area contributed by atoms with Gasteiger partial charge in [0.25, 0.3) is 5.91 Å². The third-order valence-electron chi connectivity index (χ3n) is 3.07. The van der Waals surface area contributed by atoms with Gasteiger partial charge >= 0.3 is 5.97 Å². The molecule has 6 nitrogen and oxygen atoms in total. The molecule has 0 saturated carbocycles. The molecule has 0 fully saturated rings. The van der Waals surface area contributed by atoms with Crippen LogP contribution < -0.4 is 10.1 Å². The summed E-state index contributed by atoms with van der Waals surface area (Å²) in [5.41, 5.74) is 0.709. The molecule has 6 heteroatoms. The Hall–Kier alpha value is -3.02. The minimum Gasteiger partial charge on any atom is -0.508 e. The lowest BCUT2D eigenvalue weighted by molar-refractivity contribution is -0.123. The molecule has 1 amide bonds. The summed E-state index contributed by atoms with van der Waals surface area (Å²) < 4.78 is 10.2. The number of hydrogen-bond donors (Lipinski definition) is 2. The van der Waals surface area contributed by atoms with Gasteiger partial charge in [-0.2, -0.15) is 0 Å². The second-order valence-electron chi connectivity index (χ2n) is 4.82. The number of aromatic hydroxyl groups is 1. The van der Waals surface area contributed by atoms with Crippen LogP contribution in [-0.2, 0) is 9.53 Å². The highest BCUT2D eigenvalue weighted by Crippen LogP contribution is 2.17. The molecule has 2 aromatic carbocycles. The van der Waals surface area contributed by atoms with Crippen LogP contribution in [0.3, 0.4) is 0 Å². The van der Waals surface area contributed by atoms with E-state index in [0.717, 1.165) is 0 Å². The lowest BCUT2D eigenvalue weighted by Crippen LogP contribution is -2.30. The molecule has 0 aliphatic carbocycles. The van der Waals surface area contributed by atoms with Gasteiger partial charge in [0.2, 0.25) is 0 Å². The van der Waals surface area contributed by atoms with Gasteiger partial charge in [-0.15, -0.1) is 0 Å². The third kappa shape index (κ3) is 4.47. The van der Waals surface area contributed by atoms with Crippen LogP contribution in [0.4, 0.5) is 5.69 Å². The normalized spacial score (nSPS) is 11.4. The number of ether oxygens (including phenoxy) is 2. The second-order valence-corrected chi connectivity index (χ2v) is 4.82. The minimum atomic E-state index is -0.990. The smallest absolute Gasteiger partial charge is 0.339 e. The molecule has 0 radical (unpaired) electrons. The van der Waals surface area contributed by atoms with Gasteiger partial charge in [-0.25, -0.2) is 4.79 Å². The van der Waals surface area contributed by atoms with Gasteiger partial charge in [0.15, 0.2) is 6.10 Å². The number of hydrogen-bond acceptors (Lipinski definition) is 5. The Morgan fingerprint density at radius 3 is 2.57 bits per heavy atom. The van der Waals surface area contributed by atoms with Crippen molar-refractivity contribution in [2.75, 3.05) is 12.4 Å². The number of nitrogens with one attached hydrogen (secondary N) is 1. The summed E-state index contributed by atoms with van der Waals surface area (Å²) in [5.74, 6) is -0.596. The van der Waals surface area contributed by atoms with E-state index in [1.165, 1.54) is 38.3 Å². The van der Waals surface area contributed by atoms with E-state index in [-0.39, 0.29) is 11.3 Å². The van der Waals surface area contributed by atoms with Crippen molar-refractivity contribution in [3.8, 4) is 11.5 Å². The predicted molar refractivity (Wildman–Crippen MR) is 84.6 cm³/mol. The van der Waals surface area contributed by atoms with Crippen molar-refractivity contribution in [3.05, 3.63) is 54.1 Å². The molecule has 23 heavy (non-hydrogen) atoms. The first-order valence-corrected chi connectivity index (χ1v) is 6.94. The molecule has 1 atom stereocenters. The SMILES string of the molecule is COc1cccc(NC(=O)[C@@H](C)OC(=O)c2cccc(O)c2)c1. The number of phenolic OH excluding ortho intramolecular Hbond substituents is 1. The van der Waals surface area contributed by atoms with Gasteiger partial charge < -0.3 is 19.9 Å². The lowest BCUT2D eigenvalue weighted by Gasteiger charge is -2.14. The molecule has 0 aliphatic heterocycles. The first-order chi connectivity index (χ1) is 11.0. The fourth-order valence-corrected chi connectivity index (χ4v) is 1.86. The Kier molecular flexibility index (Phi) is 5.19. The van der Waals surface area contributed by atoms with Gasteiger partial charge in [0.1, 0.15) is 11.5 Å². The standard InChI is InChI=1S/C17H17NO5/c1-11(23-17(21)12-5-3-7-14(19)9-12)16(20)18-13-6-4-8-15(10-13)22-2/h3-11,19H,1-2H3,(H,18,20)/t11-/m1/s1. The van der Waals surface area contributed by atoms with Crippen molar-refractivity contribution in [3.63, 3.8) is 0 Å². The summed E-state index contributed by atoms with van der Waals surface area (Å²) in [4.78, 5) is 24.0. The Morgan fingerprint density at radius 2 is 1.87 bits per heavy atom. The summed E-state index contributed by atoms with van der Waals surface area (Å²) in [7, 11) is 1.53. The number of benzene rings is 2. The Morgan fingerprint density at radius 1 is 1.13 bits per heavy atom. The number of carbonyl (C=O) groups is 2. The van der Waals surface area contributed by atoms with Crippen LogP contribution in [0.15, 0.2) is 48.5 Å². The predicted octanol–water partition coefficient (Wildman–Crippen LogP) is 2.58. The van der Waals surface area contributed by atoms with E-state index in [9.17, 15) is 14.7 Å². The molecule has 2 rings (SSSR count). The molecule has 0 aliphatic rings. The van der Waals surface area contributed by atoms with Gasteiger partial charge in [-0.1, -0.05) is 12.1 Å². The Balaban J connectivity index is 1.98. The van der Waals surface area contributed by atoms with Gasteiger partial charge in [-0.3, -0.25) is 4.79 Å². The quantitative estimate of drug-likeness (QED) is 0.828. The van der Waals surface area contributed by atoms with Crippen molar-refractivity contribution in [1.29, 1.82) is 0 Å². The Labute approximate surface area is 133 Å². The zero-order chi connectivity index (χ0) is 16.8. The van der Waals surface area contributed by atoms with Crippen LogP contribution in [0.1, 0.15) is 17.3 Å². The number of carbonyl (C=O) groups excluding carboxylic acids is 2. The van der Waals surface area contributed by atoms with Crippen molar-refractivity contribution < 1.29 is 24.2 Å². The topological polar surface area (TPSA) is 84.9 Å². The van der Waals surface area contributed by atoms with Crippen molar-refractivity contribution in [2.45, 2.75) is 13.0 Å².